The molecule has 1 heterocycles. The summed E-state index contributed by atoms with van der Waals surface area (Å²) in [6.45, 7) is 0.804. The molecule has 1 saturated heterocycles. The van der Waals surface area contributed by atoms with Crippen LogP contribution in [0.25, 0.3) is 0 Å². The van der Waals surface area contributed by atoms with Crippen LogP contribution in [0.5, 0.6) is 0 Å². The van der Waals surface area contributed by atoms with Crippen molar-refractivity contribution >= 4 is 14.4 Å². The molecule has 0 bridgehead atoms. The molecule has 3 rings (SSSR count). The van der Waals surface area contributed by atoms with Crippen molar-refractivity contribution in [2.75, 3.05) is 13.2 Å². The second-order valence-corrected chi connectivity index (χ2v) is 8.14. The molecule has 27 heavy (non-hydrogen) atoms. The maximum atomic E-state index is 11.8. The number of benzene rings is 2. The van der Waals surface area contributed by atoms with Crippen LogP contribution in [0.2, 0.25) is 0 Å². The summed E-state index contributed by atoms with van der Waals surface area (Å²) in [5, 5.41) is 21.8. The summed E-state index contributed by atoms with van der Waals surface area (Å²) in [5.74, 6) is -0.943. The van der Waals surface area contributed by atoms with Crippen LogP contribution in [0.3, 0.4) is 0 Å². The first-order valence-corrected chi connectivity index (χ1v) is 9.95. The Hall–Kier alpha value is -1.98. The summed E-state index contributed by atoms with van der Waals surface area (Å²) in [5.41, 5.74) is 2.19. The van der Waals surface area contributed by atoms with Gasteiger partial charge in [0.2, 0.25) is 0 Å². The molecule has 0 radical (unpaired) electrons. The number of rotatable bonds is 7. The van der Waals surface area contributed by atoms with Crippen LogP contribution in [0.4, 0.5) is 0 Å². The van der Waals surface area contributed by atoms with Crippen LogP contribution in [0.1, 0.15) is 21.5 Å². The smallest absolute Gasteiger partial charge is 0.335 e. The zero-order valence-electron chi connectivity index (χ0n) is 14.9. The minimum Gasteiger partial charge on any atom is -0.478 e. The van der Waals surface area contributed by atoms with Gasteiger partial charge in [-0.2, -0.15) is 0 Å². The van der Waals surface area contributed by atoms with Crippen LogP contribution in [0.15, 0.2) is 54.6 Å². The third kappa shape index (κ3) is 5.05. The first-order valence-electron chi connectivity index (χ1n) is 8.90. The zero-order valence-corrected chi connectivity index (χ0v) is 16.0. The van der Waals surface area contributed by atoms with Crippen molar-refractivity contribution in [1.82, 2.24) is 5.32 Å². The van der Waals surface area contributed by atoms with E-state index in [1.807, 2.05) is 30.3 Å². The standard InChI is InChI=1S/C20H24NO5P/c22-19(23)16-8-6-14(7-9-16)10-17-13-26-18(12-21-17)20(24,27-25)11-15-4-2-1-3-5-15/h1-9,17-18,21,24H,10-13,27H2,(H,22,23)/t17-,18+,20?/m1/s1. The van der Waals surface area contributed by atoms with Crippen molar-refractivity contribution in [1.29, 1.82) is 0 Å². The molecule has 0 saturated carbocycles. The number of carboxylic acid groups (broad SMARTS) is 1. The molecule has 0 aromatic heterocycles. The fourth-order valence-electron chi connectivity index (χ4n) is 3.30. The molecular weight excluding hydrogens is 365 g/mol. The molecule has 0 spiro atoms. The van der Waals surface area contributed by atoms with Gasteiger partial charge in [-0.3, -0.25) is 0 Å². The Morgan fingerprint density at radius 1 is 1.15 bits per heavy atom. The molecule has 1 aliphatic heterocycles. The average Bonchev–Trinajstić information content (AvgIpc) is 2.69. The minimum atomic E-state index is -1.43. The van der Waals surface area contributed by atoms with Crippen LogP contribution < -0.4 is 5.32 Å². The van der Waals surface area contributed by atoms with Crippen LogP contribution in [-0.2, 0) is 22.1 Å². The maximum absolute atomic E-state index is 11.8. The second kappa shape index (κ2) is 8.81. The molecule has 2 aromatic carbocycles. The molecule has 1 fully saturated rings. The Bertz CT molecular complexity index is 775. The highest BCUT2D eigenvalue weighted by atomic mass is 31.1. The van der Waals surface area contributed by atoms with Crippen molar-refractivity contribution in [2.45, 2.75) is 30.3 Å². The Balaban J connectivity index is 1.57. The zero-order chi connectivity index (χ0) is 19.3. The van der Waals surface area contributed by atoms with Crippen LogP contribution >= 0.6 is 8.46 Å². The lowest BCUT2D eigenvalue weighted by Crippen LogP contribution is -2.55. The number of nitrogens with one attached hydrogen (secondary N) is 1. The van der Waals surface area contributed by atoms with Gasteiger partial charge in [0.05, 0.1) is 20.6 Å². The van der Waals surface area contributed by atoms with Crippen molar-refractivity contribution in [2.24, 2.45) is 0 Å². The number of carbonyl (C=O) groups is 1. The van der Waals surface area contributed by atoms with Gasteiger partial charge in [-0.1, -0.05) is 42.5 Å². The summed E-state index contributed by atoms with van der Waals surface area (Å²) in [6, 6.07) is 16.3. The first kappa shape index (κ1) is 19.8. The van der Waals surface area contributed by atoms with Crippen molar-refractivity contribution in [3.63, 3.8) is 0 Å². The molecule has 3 N–H and O–H groups in total. The Morgan fingerprint density at radius 2 is 1.85 bits per heavy atom. The molecule has 2 aromatic rings. The lowest BCUT2D eigenvalue weighted by Gasteiger charge is -2.38. The van der Waals surface area contributed by atoms with Gasteiger partial charge in [0.15, 0.2) is 0 Å². The quantitative estimate of drug-likeness (QED) is 0.627. The molecule has 0 aliphatic carbocycles. The molecule has 1 aliphatic rings. The maximum Gasteiger partial charge on any atom is 0.335 e. The van der Waals surface area contributed by atoms with Gasteiger partial charge in [-0.25, -0.2) is 4.79 Å². The molecule has 2 unspecified atom stereocenters. The second-order valence-electron chi connectivity index (χ2n) is 6.90. The van der Waals surface area contributed by atoms with Gasteiger partial charge in [0.1, 0.15) is 11.4 Å². The number of ether oxygens (including phenoxy) is 1. The highest BCUT2D eigenvalue weighted by Gasteiger charge is 2.39. The van der Waals surface area contributed by atoms with Crippen molar-refractivity contribution < 1.29 is 24.3 Å². The monoisotopic (exact) mass is 389 g/mol. The van der Waals surface area contributed by atoms with Gasteiger partial charge in [0.25, 0.3) is 0 Å². The topological polar surface area (TPSA) is 95.9 Å². The number of aromatic carboxylic acids is 1. The summed E-state index contributed by atoms with van der Waals surface area (Å²) in [7, 11) is -1.43. The summed E-state index contributed by atoms with van der Waals surface area (Å²) < 4.78 is 17.7. The first-order chi connectivity index (χ1) is 13.0. The molecule has 144 valence electrons. The van der Waals surface area contributed by atoms with Gasteiger partial charge >= 0.3 is 5.97 Å². The molecular formula is C20H24NO5P. The number of aliphatic hydroxyl groups is 1. The Labute approximate surface area is 159 Å². The summed E-state index contributed by atoms with van der Waals surface area (Å²) in [6.07, 6.45) is 0.449. The predicted molar refractivity (Wildman–Crippen MR) is 104 cm³/mol. The normalized spacial score (nSPS) is 22.6. The predicted octanol–water partition coefficient (Wildman–Crippen LogP) is 1.97. The lowest BCUT2D eigenvalue weighted by molar-refractivity contribution is -0.0845. The van der Waals surface area contributed by atoms with Crippen LogP contribution in [0, 0.1) is 0 Å². The third-order valence-electron chi connectivity index (χ3n) is 4.87. The summed E-state index contributed by atoms with van der Waals surface area (Å²) >= 11 is 0. The van der Waals surface area contributed by atoms with Crippen LogP contribution in [-0.4, -0.2) is 46.8 Å². The largest absolute Gasteiger partial charge is 0.478 e. The third-order valence-corrected chi connectivity index (χ3v) is 5.85. The van der Waals surface area contributed by atoms with Gasteiger partial charge < -0.3 is 24.8 Å². The fourth-order valence-corrected chi connectivity index (χ4v) is 3.98. The molecule has 4 atom stereocenters. The van der Waals surface area contributed by atoms with Gasteiger partial charge in [-0.15, -0.1) is 0 Å². The van der Waals surface area contributed by atoms with E-state index in [0.29, 0.717) is 26.0 Å². The molecule has 0 amide bonds. The van der Waals surface area contributed by atoms with E-state index in [-0.39, 0.29) is 11.6 Å². The average molecular weight is 389 g/mol. The van der Waals surface area contributed by atoms with E-state index in [1.54, 1.807) is 24.3 Å². The van der Waals surface area contributed by atoms with E-state index in [1.165, 1.54) is 0 Å². The summed E-state index contributed by atoms with van der Waals surface area (Å²) in [4.78, 5) is 10.9. The Morgan fingerprint density at radius 3 is 2.41 bits per heavy atom. The highest BCUT2D eigenvalue weighted by Crippen LogP contribution is 2.31. The van der Waals surface area contributed by atoms with Gasteiger partial charge in [0, 0.05) is 19.0 Å². The number of hydrogen-bond acceptors (Lipinski definition) is 5. The molecule has 6 nitrogen and oxygen atoms in total. The molecule has 7 heteroatoms. The Kier molecular flexibility index (Phi) is 6.45. The number of hydrogen-bond donors (Lipinski definition) is 3. The van der Waals surface area contributed by atoms with Crippen molar-refractivity contribution in [3.8, 4) is 0 Å². The highest BCUT2D eigenvalue weighted by molar-refractivity contribution is 7.25. The van der Waals surface area contributed by atoms with E-state index in [9.17, 15) is 14.5 Å². The minimum absolute atomic E-state index is 0.0551. The van der Waals surface area contributed by atoms with E-state index >= 15 is 0 Å². The number of morpholine rings is 1. The van der Waals surface area contributed by atoms with E-state index in [4.69, 9.17) is 9.84 Å². The lowest BCUT2D eigenvalue weighted by atomic mass is 9.99. The van der Waals surface area contributed by atoms with E-state index in [0.717, 1.165) is 11.1 Å². The fraction of sp³-hybridized carbons (Fsp3) is 0.350. The SMILES string of the molecule is O=[PH2]C(O)(Cc1ccccc1)[C@@H]1CN[C@H](Cc2ccc(C(=O)O)cc2)CO1. The van der Waals surface area contributed by atoms with Crippen molar-refractivity contribution in [3.05, 3.63) is 71.3 Å². The van der Waals surface area contributed by atoms with Gasteiger partial charge in [-0.05, 0) is 29.7 Å². The van der Waals surface area contributed by atoms with E-state index in [2.05, 4.69) is 5.32 Å². The van der Waals surface area contributed by atoms with E-state index < -0.39 is 25.9 Å². The number of carboxylic acids is 1.